The molecule has 3 rings (SSSR count). The quantitative estimate of drug-likeness (QED) is 0.483. The van der Waals surface area contributed by atoms with E-state index in [1.807, 2.05) is 25.1 Å². The van der Waals surface area contributed by atoms with Gasteiger partial charge in [-0.2, -0.15) is 4.68 Å². The Bertz CT molecular complexity index is 933. The fraction of sp³-hybridized carbons (Fsp3) is 0.400. The predicted molar refractivity (Wildman–Crippen MR) is 97.1 cm³/mol. The first kappa shape index (κ1) is 17.9. The fourth-order valence-electron chi connectivity index (χ4n) is 3.13. The van der Waals surface area contributed by atoms with Gasteiger partial charge in [-0.05, 0) is 45.7 Å². The Morgan fingerprint density at radius 1 is 1.31 bits per heavy atom. The van der Waals surface area contributed by atoms with E-state index in [4.69, 9.17) is 11.2 Å². The second-order valence-corrected chi connectivity index (χ2v) is 7.11. The van der Waals surface area contributed by atoms with Crippen LogP contribution in [0, 0.1) is 24.2 Å². The molecule has 1 heterocycles. The third-order valence-electron chi connectivity index (χ3n) is 4.63. The monoisotopic (exact) mass is 351 g/mol. The van der Waals surface area contributed by atoms with E-state index in [0.717, 1.165) is 5.57 Å². The Morgan fingerprint density at radius 3 is 2.77 bits per heavy atom. The molecule has 1 aliphatic carbocycles. The molecule has 2 aromatic rings. The number of esters is 1. The van der Waals surface area contributed by atoms with Gasteiger partial charge in [-0.25, -0.2) is 0 Å². The van der Waals surface area contributed by atoms with Crippen molar-refractivity contribution >= 4 is 22.9 Å². The number of benzene rings is 1. The maximum absolute atomic E-state index is 13.1. The van der Waals surface area contributed by atoms with Crippen LogP contribution < -0.4 is 0 Å². The number of terminal acetylenes is 1. The lowest BCUT2D eigenvalue weighted by Gasteiger charge is -2.30. The molecule has 0 fully saturated rings. The minimum atomic E-state index is -1.01. The van der Waals surface area contributed by atoms with Crippen molar-refractivity contribution in [1.82, 2.24) is 15.0 Å². The summed E-state index contributed by atoms with van der Waals surface area (Å²) in [7, 11) is 0. The Labute approximate surface area is 152 Å². The van der Waals surface area contributed by atoms with Gasteiger partial charge in [0.2, 0.25) is 0 Å². The van der Waals surface area contributed by atoms with Crippen LogP contribution in [0.5, 0.6) is 0 Å². The molecule has 0 bridgehead atoms. The number of ether oxygens (including phenoxy) is 1. The van der Waals surface area contributed by atoms with E-state index >= 15 is 0 Å². The molecule has 0 N–H and O–H groups in total. The SMILES string of the molecule is C#CC(C)(C)OC(=O)[C@H]1CC(C)=CC[C@@H]1C(=O)n1nnc2ccccc21. The lowest BCUT2D eigenvalue weighted by molar-refractivity contribution is -0.158. The van der Waals surface area contributed by atoms with Gasteiger partial charge >= 0.3 is 5.97 Å². The lowest BCUT2D eigenvalue weighted by Crippen LogP contribution is -2.39. The number of carbonyl (C=O) groups is 2. The van der Waals surface area contributed by atoms with Gasteiger partial charge in [-0.3, -0.25) is 9.59 Å². The first-order chi connectivity index (χ1) is 12.3. The first-order valence-corrected chi connectivity index (χ1v) is 8.53. The van der Waals surface area contributed by atoms with Crippen molar-refractivity contribution in [3.8, 4) is 12.3 Å². The highest BCUT2D eigenvalue weighted by molar-refractivity contribution is 5.93. The van der Waals surface area contributed by atoms with E-state index in [-0.39, 0.29) is 5.91 Å². The van der Waals surface area contributed by atoms with Crippen LogP contribution in [0.1, 0.15) is 38.4 Å². The third-order valence-corrected chi connectivity index (χ3v) is 4.63. The van der Waals surface area contributed by atoms with E-state index in [0.29, 0.717) is 23.9 Å². The minimum absolute atomic E-state index is 0.261. The molecule has 26 heavy (non-hydrogen) atoms. The molecule has 134 valence electrons. The van der Waals surface area contributed by atoms with Crippen molar-refractivity contribution in [2.24, 2.45) is 11.8 Å². The van der Waals surface area contributed by atoms with E-state index in [1.165, 1.54) is 4.68 Å². The Morgan fingerprint density at radius 2 is 2.04 bits per heavy atom. The number of hydrogen-bond donors (Lipinski definition) is 0. The van der Waals surface area contributed by atoms with Gasteiger partial charge in [0, 0.05) is 0 Å². The van der Waals surface area contributed by atoms with Crippen LogP contribution >= 0.6 is 0 Å². The molecule has 1 aromatic heterocycles. The number of allylic oxidation sites excluding steroid dienone is 2. The maximum atomic E-state index is 13.1. The lowest BCUT2D eigenvalue weighted by atomic mass is 9.79. The van der Waals surface area contributed by atoms with E-state index in [1.54, 1.807) is 26.0 Å². The molecule has 0 saturated heterocycles. The number of hydrogen-bond acceptors (Lipinski definition) is 5. The first-order valence-electron chi connectivity index (χ1n) is 8.53. The van der Waals surface area contributed by atoms with Gasteiger partial charge in [0.05, 0.1) is 17.4 Å². The molecule has 1 aliphatic rings. The van der Waals surface area contributed by atoms with Gasteiger partial charge in [-0.1, -0.05) is 34.9 Å². The van der Waals surface area contributed by atoms with Crippen molar-refractivity contribution in [1.29, 1.82) is 0 Å². The minimum Gasteiger partial charge on any atom is -0.446 e. The highest BCUT2D eigenvalue weighted by Gasteiger charge is 2.39. The number of para-hydroxylation sites is 1. The van der Waals surface area contributed by atoms with Gasteiger partial charge in [0.1, 0.15) is 5.52 Å². The molecular formula is C20H21N3O3. The van der Waals surface area contributed by atoms with Crippen molar-refractivity contribution in [3.05, 3.63) is 35.9 Å². The zero-order valence-electron chi connectivity index (χ0n) is 15.1. The second kappa shape index (κ2) is 6.75. The summed E-state index contributed by atoms with van der Waals surface area (Å²) in [4.78, 5) is 25.8. The predicted octanol–water partition coefficient (Wildman–Crippen LogP) is 3.00. The third kappa shape index (κ3) is 3.38. The molecule has 2 atom stereocenters. The molecule has 0 spiro atoms. The highest BCUT2D eigenvalue weighted by Crippen LogP contribution is 2.33. The van der Waals surface area contributed by atoms with Crippen LogP contribution in [0.4, 0.5) is 0 Å². The molecule has 0 amide bonds. The number of rotatable bonds is 3. The number of fused-ring (bicyclic) bond motifs is 1. The van der Waals surface area contributed by atoms with E-state index < -0.39 is 23.4 Å². The number of carbonyl (C=O) groups excluding carboxylic acids is 2. The van der Waals surface area contributed by atoms with Crippen LogP contribution in [0.3, 0.4) is 0 Å². The molecule has 6 nitrogen and oxygen atoms in total. The summed E-state index contributed by atoms with van der Waals surface area (Å²) in [6, 6.07) is 7.23. The summed E-state index contributed by atoms with van der Waals surface area (Å²) in [5.41, 5.74) is 1.30. The smallest absolute Gasteiger partial charge is 0.311 e. The van der Waals surface area contributed by atoms with Crippen LogP contribution in [0.2, 0.25) is 0 Å². The maximum Gasteiger partial charge on any atom is 0.311 e. The van der Waals surface area contributed by atoms with Gasteiger partial charge < -0.3 is 4.74 Å². The number of aromatic nitrogens is 3. The Balaban J connectivity index is 1.92. The van der Waals surface area contributed by atoms with Crippen LogP contribution in [0.15, 0.2) is 35.9 Å². The molecule has 0 aliphatic heterocycles. The second-order valence-electron chi connectivity index (χ2n) is 7.11. The van der Waals surface area contributed by atoms with E-state index in [9.17, 15) is 9.59 Å². The largest absolute Gasteiger partial charge is 0.446 e. The van der Waals surface area contributed by atoms with Crippen LogP contribution in [-0.4, -0.2) is 32.5 Å². The van der Waals surface area contributed by atoms with Crippen molar-refractivity contribution in [3.63, 3.8) is 0 Å². The summed E-state index contributed by atoms with van der Waals surface area (Å²) in [5.74, 6) is 0.572. The van der Waals surface area contributed by atoms with E-state index in [2.05, 4.69) is 16.2 Å². The molecule has 1 aromatic carbocycles. The van der Waals surface area contributed by atoms with Gasteiger partial charge in [-0.15, -0.1) is 11.5 Å². The summed E-state index contributed by atoms with van der Waals surface area (Å²) < 4.78 is 6.74. The highest BCUT2D eigenvalue weighted by atomic mass is 16.6. The zero-order chi connectivity index (χ0) is 18.9. The molecule has 0 saturated carbocycles. The standard InChI is InChI=1S/C20H21N3O3/c1-5-20(3,4)26-19(25)15-12-13(2)10-11-14(15)18(24)23-17-9-7-6-8-16(17)21-22-23/h1,6-10,14-15H,11-12H2,2-4H3/t14-,15-/m0/s1. The summed E-state index contributed by atoms with van der Waals surface area (Å²) >= 11 is 0. The Kier molecular flexibility index (Phi) is 4.64. The molecule has 0 radical (unpaired) electrons. The Hall–Kier alpha value is -2.94. The molecular weight excluding hydrogens is 330 g/mol. The summed E-state index contributed by atoms with van der Waals surface area (Å²) in [5, 5.41) is 8.01. The summed E-state index contributed by atoms with van der Waals surface area (Å²) in [6.45, 7) is 5.24. The topological polar surface area (TPSA) is 74.1 Å². The van der Waals surface area contributed by atoms with Crippen molar-refractivity contribution in [2.75, 3.05) is 0 Å². The van der Waals surface area contributed by atoms with Gasteiger partial charge in [0.15, 0.2) is 5.60 Å². The van der Waals surface area contributed by atoms with Crippen molar-refractivity contribution in [2.45, 2.75) is 39.2 Å². The number of nitrogens with zero attached hydrogens (tertiary/aromatic N) is 3. The summed E-state index contributed by atoms with van der Waals surface area (Å²) in [6.07, 6.45) is 8.32. The van der Waals surface area contributed by atoms with Gasteiger partial charge in [0.25, 0.3) is 5.91 Å². The molecule has 0 unspecified atom stereocenters. The average molecular weight is 351 g/mol. The normalized spacial score (nSPS) is 20.3. The zero-order valence-corrected chi connectivity index (χ0v) is 15.1. The van der Waals surface area contributed by atoms with Crippen LogP contribution in [0.25, 0.3) is 11.0 Å². The molecule has 6 heteroatoms. The average Bonchev–Trinajstić information content (AvgIpc) is 3.05. The van der Waals surface area contributed by atoms with Crippen molar-refractivity contribution < 1.29 is 14.3 Å². The van der Waals surface area contributed by atoms with Crippen LogP contribution in [-0.2, 0) is 9.53 Å². The fourth-order valence-corrected chi connectivity index (χ4v) is 3.13.